The Labute approximate surface area is 393 Å². The van der Waals surface area contributed by atoms with Crippen LogP contribution in [0, 0.1) is 6.92 Å². The molecule has 0 aliphatic rings. The van der Waals surface area contributed by atoms with Crippen molar-refractivity contribution in [2.45, 2.75) is 35.1 Å². The van der Waals surface area contributed by atoms with E-state index < -0.39 is 57.2 Å². The van der Waals surface area contributed by atoms with Crippen LogP contribution in [-0.4, -0.2) is 94.1 Å². The molecule has 6 aromatic rings. The molecule has 0 aliphatic heterocycles. The van der Waals surface area contributed by atoms with Crippen LogP contribution in [0.15, 0.2) is 119 Å². The maximum Gasteiger partial charge on any atom is 0.348 e. The third-order valence-electron chi connectivity index (χ3n) is 10.4. The van der Waals surface area contributed by atoms with E-state index in [9.17, 15) is 35.6 Å². The van der Waals surface area contributed by atoms with Crippen molar-refractivity contribution in [1.82, 2.24) is 19.9 Å². The highest BCUT2D eigenvalue weighted by Crippen LogP contribution is 2.55. The minimum Gasteiger partial charge on any atom is -0.382 e. The summed E-state index contributed by atoms with van der Waals surface area (Å²) in [5, 5.41) is 8.15. The van der Waals surface area contributed by atoms with Crippen LogP contribution < -0.4 is 21.7 Å². The second-order valence-electron chi connectivity index (χ2n) is 14.9. The smallest absolute Gasteiger partial charge is 0.348 e. The Kier molecular flexibility index (Phi) is 16.1. The number of nitrogens with one attached hydrogen (secondary N) is 3. The lowest BCUT2D eigenvalue weighted by Crippen LogP contribution is -2.21. The van der Waals surface area contributed by atoms with E-state index in [0.29, 0.717) is 17.0 Å². The number of carbonyl (C=O) groups is 2. The van der Waals surface area contributed by atoms with Crippen LogP contribution in [0.2, 0.25) is 0 Å². The fourth-order valence-electron chi connectivity index (χ4n) is 6.42. The molecule has 2 aromatic heterocycles. The molecule has 2 amide bonds. The number of hydrogen-bond acceptors (Lipinski definition) is 18. The summed E-state index contributed by atoms with van der Waals surface area (Å²) in [6.45, 7) is 3.01. The van der Waals surface area contributed by atoms with E-state index in [4.69, 9.17) is 23.8 Å². The summed E-state index contributed by atoms with van der Waals surface area (Å²) < 4.78 is 99.7. The summed E-state index contributed by atoms with van der Waals surface area (Å²) in [5.41, 5.74) is 9.33. The highest BCUT2D eigenvalue weighted by Gasteiger charge is 2.42. The minimum absolute atomic E-state index is 0.0563. The standard InChI is InChI=1S/C44H48N8O12P2S2/c1-28-7-11-31(12-8-28)37-25-47-41(45)39(51-37)43(53)49-34-17-21-36(22-18-34)68(59,60)29(2)66(56,63-6)64-24-23-30-9-13-32(14-10-30)38-26-48-42(46-3)40(52-38)44(54)50-33-15-19-35(20-16-33)67(57,58)27-65(55,61-4)62-5/h7-22,25-26,29H,23-24,27H2,1-6H3,(H2,45,47)(H,46,48)(H,49,53)(H,50,54)/t29-,66?/m0/s1. The normalized spacial score (nSPS) is 13.3. The SMILES string of the molecule is CNc1ncc(-c2ccc(CCOP(=O)(OC)[C@H](C)S(=O)(=O)c3ccc(NC(=O)c4nc(-c5ccc(C)cc5)cnc4N)cc3)cc2)nc1C(=O)Nc1ccc(S(=O)(=O)CP(=O)(OC)OC)cc1. The highest BCUT2D eigenvalue weighted by atomic mass is 32.2. The highest BCUT2D eigenvalue weighted by molar-refractivity contribution is 7.98. The molecule has 0 fully saturated rings. The van der Waals surface area contributed by atoms with Gasteiger partial charge in [0.2, 0.25) is 0 Å². The number of nitrogens with zero attached hydrogens (tertiary/aromatic N) is 4. The van der Waals surface area contributed by atoms with Crippen LogP contribution in [0.25, 0.3) is 22.5 Å². The van der Waals surface area contributed by atoms with Gasteiger partial charge in [0.05, 0.1) is 40.2 Å². The molecule has 1 unspecified atom stereocenters. The second-order valence-corrected chi connectivity index (χ2v) is 24.7. The van der Waals surface area contributed by atoms with E-state index in [0.717, 1.165) is 38.0 Å². The van der Waals surface area contributed by atoms with Crippen molar-refractivity contribution in [2.75, 3.05) is 62.2 Å². The fourth-order valence-corrected chi connectivity index (χ4v) is 14.3. The lowest BCUT2D eigenvalue weighted by molar-refractivity contribution is 0.101. The van der Waals surface area contributed by atoms with Crippen molar-refractivity contribution >= 4 is 69.7 Å². The van der Waals surface area contributed by atoms with Crippen LogP contribution >= 0.6 is 15.2 Å². The number of benzene rings is 4. The van der Waals surface area contributed by atoms with E-state index >= 15 is 0 Å². The number of sulfone groups is 2. The summed E-state index contributed by atoms with van der Waals surface area (Å²) in [6.07, 6.45) is 3.15. The number of nitrogens with two attached hydrogens (primary N) is 1. The molecule has 4 aromatic carbocycles. The number of hydrogen-bond donors (Lipinski definition) is 4. The minimum atomic E-state index is -4.28. The molecule has 0 saturated carbocycles. The van der Waals surface area contributed by atoms with Crippen LogP contribution in [0.3, 0.4) is 0 Å². The van der Waals surface area contributed by atoms with Gasteiger partial charge in [0.15, 0.2) is 53.2 Å². The molecule has 68 heavy (non-hydrogen) atoms. The van der Waals surface area contributed by atoms with Crippen LogP contribution in [0.1, 0.15) is 39.0 Å². The first kappa shape index (κ1) is 51.2. The molecular formula is C44H48N8O12P2S2. The van der Waals surface area contributed by atoms with Crippen LogP contribution in [0.4, 0.5) is 23.0 Å². The average molecular weight is 1010 g/mol. The van der Waals surface area contributed by atoms with Gasteiger partial charge in [-0.25, -0.2) is 36.8 Å². The third kappa shape index (κ3) is 11.9. The molecule has 358 valence electrons. The number of amides is 2. The molecule has 5 N–H and O–H groups in total. The Morgan fingerprint density at radius 2 is 1.19 bits per heavy atom. The molecule has 0 radical (unpaired) electrons. The van der Waals surface area contributed by atoms with E-state index in [1.807, 2.05) is 31.2 Å². The molecule has 2 atom stereocenters. The molecule has 0 spiro atoms. The first-order valence-corrected chi connectivity index (χ1v) is 26.9. The average Bonchev–Trinajstić information content (AvgIpc) is 3.34. The Morgan fingerprint density at radius 3 is 1.72 bits per heavy atom. The predicted octanol–water partition coefficient (Wildman–Crippen LogP) is 7.47. The van der Waals surface area contributed by atoms with Crippen molar-refractivity contribution in [3.8, 4) is 22.5 Å². The molecule has 2 heterocycles. The van der Waals surface area contributed by atoms with E-state index in [-0.39, 0.29) is 57.2 Å². The summed E-state index contributed by atoms with van der Waals surface area (Å²) in [7, 11) is -11.6. The van der Waals surface area contributed by atoms with Gasteiger partial charge in [0.25, 0.3) is 11.8 Å². The lowest BCUT2D eigenvalue weighted by Gasteiger charge is -2.23. The Hall–Kier alpha value is -6.22. The van der Waals surface area contributed by atoms with Gasteiger partial charge in [0, 0.05) is 50.9 Å². The summed E-state index contributed by atoms with van der Waals surface area (Å²) in [6, 6.07) is 24.9. The van der Waals surface area contributed by atoms with Crippen LogP contribution in [0.5, 0.6) is 0 Å². The summed E-state index contributed by atoms with van der Waals surface area (Å²) in [5.74, 6) is -1.22. The number of carbonyl (C=O) groups excluding carboxylic acids is 2. The summed E-state index contributed by atoms with van der Waals surface area (Å²) >= 11 is 0. The molecule has 20 nitrogen and oxygen atoms in total. The van der Waals surface area contributed by atoms with Crippen LogP contribution in [-0.2, 0) is 53.3 Å². The van der Waals surface area contributed by atoms with Gasteiger partial charge >= 0.3 is 15.2 Å². The van der Waals surface area contributed by atoms with Crippen molar-refractivity contribution in [2.24, 2.45) is 0 Å². The predicted molar refractivity (Wildman–Crippen MR) is 257 cm³/mol. The zero-order valence-electron chi connectivity index (χ0n) is 37.6. The number of aryl methyl sites for hydroxylation is 1. The zero-order valence-corrected chi connectivity index (χ0v) is 41.0. The van der Waals surface area contributed by atoms with Crippen molar-refractivity contribution in [3.05, 3.63) is 132 Å². The van der Waals surface area contributed by atoms with Gasteiger partial charge in [-0.05, 0) is 74.4 Å². The van der Waals surface area contributed by atoms with Crippen molar-refractivity contribution in [1.29, 1.82) is 0 Å². The Morgan fingerprint density at radius 1 is 0.691 bits per heavy atom. The second kappa shape index (κ2) is 21.4. The van der Waals surface area contributed by atoms with Gasteiger partial charge in [-0.2, -0.15) is 0 Å². The summed E-state index contributed by atoms with van der Waals surface area (Å²) in [4.78, 5) is 42.0. The molecule has 0 aliphatic carbocycles. The lowest BCUT2D eigenvalue weighted by atomic mass is 10.1. The quantitative estimate of drug-likeness (QED) is 0.0539. The first-order valence-electron chi connectivity index (χ1n) is 20.4. The maximum absolute atomic E-state index is 13.9. The molecule has 6 rings (SSSR count). The molecule has 24 heteroatoms. The van der Waals surface area contributed by atoms with Gasteiger partial charge in [-0.1, -0.05) is 54.1 Å². The Bertz CT molecular complexity index is 3120. The van der Waals surface area contributed by atoms with Gasteiger partial charge in [-0.3, -0.25) is 18.7 Å². The molecule has 0 saturated heterocycles. The van der Waals surface area contributed by atoms with E-state index in [1.165, 1.54) is 67.8 Å². The van der Waals surface area contributed by atoms with Crippen molar-refractivity contribution < 1.29 is 53.6 Å². The zero-order chi connectivity index (χ0) is 49.4. The Balaban J connectivity index is 1.06. The maximum atomic E-state index is 13.9. The topological polar surface area (TPSA) is 287 Å². The monoisotopic (exact) mass is 1010 g/mol. The first-order chi connectivity index (χ1) is 32.2. The van der Waals surface area contributed by atoms with Crippen molar-refractivity contribution in [3.63, 3.8) is 0 Å². The van der Waals surface area contributed by atoms with Gasteiger partial charge < -0.3 is 39.8 Å². The number of aromatic nitrogens is 4. The number of rotatable bonds is 20. The fraction of sp³-hybridized carbons (Fsp3) is 0.227. The van der Waals surface area contributed by atoms with Gasteiger partial charge in [-0.15, -0.1) is 0 Å². The molecular weight excluding hydrogens is 959 g/mol. The van der Waals surface area contributed by atoms with E-state index in [1.54, 1.807) is 31.3 Å². The van der Waals surface area contributed by atoms with E-state index in [2.05, 4.69) is 35.9 Å². The number of anilines is 4. The number of nitrogen functional groups attached to an aromatic ring is 1. The molecule has 0 bridgehead atoms. The largest absolute Gasteiger partial charge is 0.382 e. The third-order valence-corrected chi connectivity index (χ3v) is 20.5. The van der Waals surface area contributed by atoms with Gasteiger partial charge in [0.1, 0.15) is 0 Å².